The lowest BCUT2D eigenvalue weighted by molar-refractivity contribution is 0.183. The molecule has 1 N–H and O–H groups in total. The fraction of sp³-hybridized carbons (Fsp3) is 1.00. The Labute approximate surface area is 106 Å². The van der Waals surface area contributed by atoms with Crippen molar-refractivity contribution < 1.29 is 0 Å². The van der Waals surface area contributed by atoms with Gasteiger partial charge in [-0.1, -0.05) is 20.3 Å². The third-order valence-corrected chi connectivity index (χ3v) is 5.45. The van der Waals surface area contributed by atoms with Crippen LogP contribution in [-0.2, 0) is 0 Å². The highest BCUT2D eigenvalue weighted by Crippen LogP contribution is 2.38. The normalized spacial score (nSPS) is 43.4. The summed E-state index contributed by atoms with van der Waals surface area (Å²) in [6.45, 7) is 7.52. The van der Waals surface area contributed by atoms with Crippen molar-refractivity contribution >= 4 is 0 Å². The molecule has 1 saturated heterocycles. The molecule has 3 rings (SSSR count). The Balaban J connectivity index is 1.51. The summed E-state index contributed by atoms with van der Waals surface area (Å²) in [5.41, 5.74) is 0. The van der Waals surface area contributed by atoms with Crippen LogP contribution in [-0.4, -0.2) is 36.1 Å². The zero-order valence-electron chi connectivity index (χ0n) is 11.5. The first-order valence-corrected chi connectivity index (χ1v) is 7.78. The van der Waals surface area contributed by atoms with Crippen LogP contribution < -0.4 is 5.32 Å². The van der Waals surface area contributed by atoms with Crippen molar-refractivity contribution in [1.82, 2.24) is 10.2 Å². The highest BCUT2D eigenvalue weighted by atomic mass is 15.2. The number of likely N-dealkylation sites (tertiary alicyclic amines) is 1. The van der Waals surface area contributed by atoms with Crippen molar-refractivity contribution in [3.63, 3.8) is 0 Å². The van der Waals surface area contributed by atoms with Gasteiger partial charge in [-0.3, -0.25) is 4.90 Å². The molecule has 3 aliphatic rings. The van der Waals surface area contributed by atoms with Crippen LogP contribution in [0.5, 0.6) is 0 Å². The third-order valence-electron chi connectivity index (χ3n) is 5.45. The molecule has 2 aliphatic carbocycles. The molecular formula is C15H28N2. The van der Waals surface area contributed by atoms with Crippen LogP contribution in [0.4, 0.5) is 0 Å². The largest absolute Gasteiger partial charge is 0.310 e. The van der Waals surface area contributed by atoms with E-state index >= 15 is 0 Å². The van der Waals surface area contributed by atoms with E-state index in [9.17, 15) is 0 Å². The van der Waals surface area contributed by atoms with Crippen molar-refractivity contribution in [1.29, 1.82) is 0 Å². The van der Waals surface area contributed by atoms with Crippen molar-refractivity contribution in [2.24, 2.45) is 11.8 Å². The molecular weight excluding hydrogens is 208 g/mol. The minimum absolute atomic E-state index is 0.801. The van der Waals surface area contributed by atoms with Crippen molar-refractivity contribution in [2.45, 2.75) is 70.5 Å². The molecule has 0 amide bonds. The molecule has 17 heavy (non-hydrogen) atoms. The maximum atomic E-state index is 3.80. The summed E-state index contributed by atoms with van der Waals surface area (Å²) in [6.07, 6.45) is 8.55. The number of hydrogen-bond acceptors (Lipinski definition) is 2. The van der Waals surface area contributed by atoms with Gasteiger partial charge in [-0.25, -0.2) is 0 Å². The van der Waals surface area contributed by atoms with Crippen LogP contribution in [0.15, 0.2) is 0 Å². The van der Waals surface area contributed by atoms with E-state index in [2.05, 4.69) is 24.1 Å². The lowest BCUT2D eigenvalue weighted by Crippen LogP contribution is -2.40. The molecule has 4 atom stereocenters. The van der Waals surface area contributed by atoms with Gasteiger partial charge in [-0.05, 0) is 43.9 Å². The van der Waals surface area contributed by atoms with Crippen molar-refractivity contribution in [2.75, 3.05) is 13.1 Å². The number of rotatable bonds is 4. The molecule has 0 spiro atoms. The Morgan fingerprint density at radius 3 is 2.53 bits per heavy atom. The molecule has 98 valence electrons. The first-order chi connectivity index (χ1) is 8.28. The van der Waals surface area contributed by atoms with E-state index in [1.54, 1.807) is 0 Å². The highest BCUT2D eigenvalue weighted by Gasteiger charge is 2.39. The summed E-state index contributed by atoms with van der Waals surface area (Å²) < 4.78 is 0. The van der Waals surface area contributed by atoms with Crippen LogP contribution in [0.1, 0.15) is 52.4 Å². The summed E-state index contributed by atoms with van der Waals surface area (Å²) in [5.74, 6) is 1.93. The van der Waals surface area contributed by atoms with Crippen LogP contribution in [0, 0.1) is 11.8 Å². The second kappa shape index (κ2) is 4.89. The van der Waals surface area contributed by atoms with Gasteiger partial charge in [0, 0.05) is 31.2 Å². The fourth-order valence-electron chi connectivity index (χ4n) is 4.12. The highest BCUT2D eigenvalue weighted by molar-refractivity contribution is 4.95. The molecule has 1 aliphatic heterocycles. The van der Waals surface area contributed by atoms with Crippen LogP contribution in [0.25, 0.3) is 0 Å². The second-order valence-corrected chi connectivity index (χ2v) is 6.59. The van der Waals surface area contributed by atoms with Gasteiger partial charge in [0.05, 0.1) is 0 Å². The van der Waals surface area contributed by atoms with E-state index in [0.29, 0.717) is 0 Å². The molecule has 0 bridgehead atoms. The SMILES string of the molecule is CCC1CCC(N2CCC(NC3CC3)C2)C1C. The molecule has 0 aromatic carbocycles. The van der Waals surface area contributed by atoms with E-state index < -0.39 is 0 Å². The molecule has 2 heteroatoms. The van der Waals surface area contributed by atoms with Gasteiger partial charge >= 0.3 is 0 Å². The molecule has 0 aromatic heterocycles. The van der Waals surface area contributed by atoms with Gasteiger partial charge in [0.25, 0.3) is 0 Å². The Morgan fingerprint density at radius 2 is 1.88 bits per heavy atom. The molecule has 0 radical (unpaired) electrons. The second-order valence-electron chi connectivity index (χ2n) is 6.59. The number of nitrogens with zero attached hydrogens (tertiary/aromatic N) is 1. The fourth-order valence-corrected chi connectivity index (χ4v) is 4.12. The monoisotopic (exact) mass is 236 g/mol. The third kappa shape index (κ3) is 2.53. The van der Waals surface area contributed by atoms with E-state index in [0.717, 1.165) is 30.0 Å². The van der Waals surface area contributed by atoms with Gasteiger partial charge in [-0.2, -0.15) is 0 Å². The number of nitrogens with one attached hydrogen (secondary N) is 1. The molecule has 1 heterocycles. The summed E-state index contributed by atoms with van der Waals surface area (Å²) >= 11 is 0. The topological polar surface area (TPSA) is 15.3 Å². The molecule has 3 fully saturated rings. The van der Waals surface area contributed by atoms with Crippen LogP contribution in [0.3, 0.4) is 0 Å². The molecule has 2 saturated carbocycles. The first-order valence-electron chi connectivity index (χ1n) is 7.78. The smallest absolute Gasteiger partial charge is 0.0209 e. The van der Waals surface area contributed by atoms with Crippen molar-refractivity contribution in [3.8, 4) is 0 Å². The van der Waals surface area contributed by atoms with Gasteiger partial charge < -0.3 is 5.32 Å². The van der Waals surface area contributed by atoms with Gasteiger partial charge in [0.2, 0.25) is 0 Å². The average Bonchev–Trinajstić information content (AvgIpc) is 2.87. The van der Waals surface area contributed by atoms with Gasteiger partial charge in [0.1, 0.15) is 0 Å². The predicted molar refractivity (Wildman–Crippen MR) is 72.1 cm³/mol. The Hall–Kier alpha value is -0.0800. The number of hydrogen-bond donors (Lipinski definition) is 1. The summed E-state index contributed by atoms with van der Waals surface area (Å²) in [5, 5.41) is 3.80. The Kier molecular flexibility index (Phi) is 3.45. The minimum atomic E-state index is 0.801. The maximum absolute atomic E-state index is 3.80. The van der Waals surface area contributed by atoms with E-state index in [1.807, 2.05) is 0 Å². The molecule has 0 aromatic rings. The molecule has 4 unspecified atom stereocenters. The van der Waals surface area contributed by atoms with Crippen LogP contribution in [0.2, 0.25) is 0 Å². The lowest BCUT2D eigenvalue weighted by Gasteiger charge is -2.29. The standard InChI is InChI=1S/C15H28N2/c1-3-12-4-7-15(11(12)2)17-9-8-14(10-17)16-13-5-6-13/h11-16H,3-10H2,1-2H3. The summed E-state index contributed by atoms with van der Waals surface area (Å²) in [7, 11) is 0. The Morgan fingerprint density at radius 1 is 1.06 bits per heavy atom. The van der Waals surface area contributed by atoms with Gasteiger partial charge in [-0.15, -0.1) is 0 Å². The minimum Gasteiger partial charge on any atom is -0.310 e. The van der Waals surface area contributed by atoms with E-state index in [1.165, 1.54) is 51.6 Å². The first kappa shape index (κ1) is 12.0. The predicted octanol–water partition coefficient (Wildman–Crippen LogP) is 2.64. The quantitative estimate of drug-likeness (QED) is 0.807. The average molecular weight is 236 g/mol. The zero-order chi connectivity index (χ0) is 11.8. The van der Waals surface area contributed by atoms with Crippen LogP contribution >= 0.6 is 0 Å². The molecule has 2 nitrogen and oxygen atoms in total. The summed E-state index contributed by atoms with van der Waals surface area (Å²) in [4.78, 5) is 2.79. The summed E-state index contributed by atoms with van der Waals surface area (Å²) in [6, 6.07) is 2.57. The van der Waals surface area contributed by atoms with E-state index in [-0.39, 0.29) is 0 Å². The van der Waals surface area contributed by atoms with Crippen molar-refractivity contribution in [3.05, 3.63) is 0 Å². The Bertz CT molecular complexity index is 262. The van der Waals surface area contributed by atoms with E-state index in [4.69, 9.17) is 0 Å². The lowest BCUT2D eigenvalue weighted by atomic mass is 9.93. The zero-order valence-corrected chi connectivity index (χ0v) is 11.5. The van der Waals surface area contributed by atoms with Gasteiger partial charge in [0.15, 0.2) is 0 Å². The maximum Gasteiger partial charge on any atom is 0.0209 e.